The van der Waals surface area contributed by atoms with Gasteiger partial charge < -0.3 is 20.5 Å². The highest BCUT2D eigenvalue weighted by molar-refractivity contribution is 5.78. The van der Waals surface area contributed by atoms with E-state index in [2.05, 4.69) is 21.4 Å². The lowest BCUT2D eigenvalue weighted by atomic mass is 9.79. The fourth-order valence-electron chi connectivity index (χ4n) is 4.82. The van der Waals surface area contributed by atoms with Crippen LogP contribution in [-0.2, 0) is 11.2 Å². The van der Waals surface area contributed by atoms with Gasteiger partial charge in [0.1, 0.15) is 11.4 Å². The van der Waals surface area contributed by atoms with E-state index < -0.39 is 11.7 Å². The molecule has 0 aromatic heterocycles. The fourth-order valence-corrected chi connectivity index (χ4v) is 4.82. The first-order valence-corrected chi connectivity index (χ1v) is 12.9. The number of nitrogens with one attached hydrogen (secondary N) is 1. The number of amides is 2. The van der Waals surface area contributed by atoms with Crippen molar-refractivity contribution in [1.29, 1.82) is 0 Å². The van der Waals surface area contributed by atoms with Crippen molar-refractivity contribution in [1.82, 2.24) is 5.32 Å². The Balaban J connectivity index is 1.75. The minimum Gasteiger partial charge on any atom is -0.444 e. The van der Waals surface area contributed by atoms with Crippen LogP contribution in [0.3, 0.4) is 0 Å². The third kappa shape index (κ3) is 8.72. The molecule has 0 saturated heterocycles. The van der Waals surface area contributed by atoms with Gasteiger partial charge in [-0.05, 0) is 99.9 Å². The summed E-state index contributed by atoms with van der Waals surface area (Å²) in [5, 5.41) is 6.57. The maximum absolute atomic E-state index is 12.2. The normalized spacial score (nSPS) is 17.4. The summed E-state index contributed by atoms with van der Waals surface area (Å²) >= 11 is 0. The lowest BCUT2D eigenvalue weighted by Gasteiger charge is -2.31. The zero-order valence-corrected chi connectivity index (χ0v) is 21.9. The van der Waals surface area contributed by atoms with Crippen LogP contribution in [-0.4, -0.2) is 30.4 Å². The average molecular weight is 508 g/mol. The van der Waals surface area contributed by atoms with Crippen molar-refractivity contribution < 1.29 is 19.1 Å². The minimum absolute atomic E-state index is 0.0881. The summed E-state index contributed by atoms with van der Waals surface area (Å²) in [4.78, 5) is 26.7. The molecule has 0 spiro atoms. The lowest BCUT2D eigenvalue weighted by molar-refractivity contribution is 0.0491. The van der Waals surface area contributed by atoms with Crippen LogP contribution in [0, 0.1) is 0 Å². The van der Waals surface area contributed by atoms with E-state index in [0.29, 0.717) is 18.2 Å². The first-order chi connectivity index (χ1) is 17.7. The fraction of sp³-hybridized carbons (Fsp3) is 0.500. The SMILES string of the molecule is CC(C)(C)OC(=O)N[C@H]1CC[C@H](c2ccccc2-c2ccc(CCCCN=[N+]=[N-])cc2OC(N)=O)CC1. The van der Waals surface area contributed by atoms with E-state index in [4.69, 9.17) is 20.7 Å². The molecule has 198 valence electrons. The monoisotopic (exact) mass is 507 g/mol. The average Bonchev–Trinajstić information content (AvgIpc) is 2.83. The molecule has 1 fully saturated rings. The molecule has 0 atom stereocenters. The predicted molar refractivity (Wildman–Crippen MR) is 143 cm³/mol. The molecule has 3 N–H and O–H groups in total. The Kier molecular flexibility index (Phi) is 9.80. The zero-order chi connectivity index (χ0) is 26.8. The van der Waals surface area contributed by atoms with Crippen molar-refractivity contribution in [3.05, 3.63) is 64.0 Å². The molecule has 2 aromatic carbocycles. The molecule has 0 radical (unpaired) electrons. The molecule has 3 rings (SSSR count). The second-order valence-corrected chi connectivity index (χ2v) is 10.4. The Hall–Kier alpha value is -3.71. The molecule has 0 aliphatic heterocycles. The van der Waals surface area contributed by atoms with Gasteiger partial charge in [0.25, 0.3) is 0 Å². The number of primary amides is 1. The highest BCUT2D eigenvalue weighted by atomic mass is 16.6. The van der Waals surface area contributed by atoms with Crippen LogP contribution in [0.4, 0.5) is 9.59 Å². The molecule has 37 heavy (non-hydrogen) atoms. The number of unbranched alkanes of at least 4 members (excludes halogenated alkanes) is 1. The number of aryl methyl sites for hydroxylation is 1. The number of nitrogens with two attached hydrogens (primary N) is 1. The zero-order valence-electron chi connectivity index (χ0n) is 21.9. The van der Waals surface area contributed by atoms with E-state index in [1.807, 2.05) is 57.2 Å². The van der Waals surface area contributed by atoms with Crippen molar-refractivity contribution >= 4 is 12.2 Å². The van der Waals surface area contributed by atoms with Gasteiger partial charge in [0.05, 0.1) is 0 Å². The summed E-state index contributed by atoms with van der Waals surface area (Å²) < 4.78 is 10.8. The van der Waals surface area contributed by atoms with Gasteiger partial charge in [-0.2, -0.15) is 0 Å². The van der Waals surface area contributed by atoms with Gasteiger partial charge in [0, 0.05) is 23.1 Å². The molecule has 9 nitrogen and oxygen atoms in total. The minimum atomic E-state index is -0.854. The van der Waals surface area contributed by atoms with Gasteiger partial charge in [-0.1, -0.05) is 41.5 Å². The van der Waals surface area contributed by atoms with Gasteiger partial charge in [-0.25, -0.2) is 9.59 Å². The number of hydrogen-bond acceptors (Lipinski definition) is 5. The summed E-state index contributed by atoms with van der Waals surface area (Å²) in [6.45, 7) is 6.03. The molecule has 1 aliphatic carbocycles. The third-order valence-corrected chi connectivity index (χ3v) is 6.43. The molecule has 9 heteroatoms. The first kappa shape index (κ1) is 27.9. The van der Waals surface area contributed by atoms with Gasteiger partial charge in [0.15, 0.2) is 0 Å². The molecule has 1 saturated carbocycles. The third-order valence-electron chi connectivity index (χ3n) is 6.43. The summed E-state index contributed by atoms with van der Waals surface area (Å²) in [7, 11) is 0. The highest BCUT2D eigenvalue weighted by Crippen LogP contribution is 2.41. The topological polar surface area (TPSA) is 139 Å². The second-order valence-electron chi connectivity index (χ2n) is 10.4. The number of azide groups is 1. The Morgan fingerprint density at radius 3 is 2.49 bits per heavy atom. The Morgan fingerprint density at radius 1 is 1.08 bits per heavy atom. The number of ether oxygens (including phenoxy) is 2. The predicted octanol–water partition coefficient (Wildman–Crippen LogP) is 7.00. The van der Waals surface area contributed by atoms with Crippen molar-refractivity contribution in [2.75, 3.05) is 6.54 Å². The second kappa shape index (κ2) is 13.0. The van der Waals surface area contributed by atoms with Crippen molar-refractivity contribution in [3.63, 3.8) is 0 Å². The van der Waals surface area contributed by atoms with E-state index in [1.165, 1.54) is 5.56 Å². The van der Waals surface area contributed by atoms with Crippen LogP contribution in [0.15, 0.2) is 47.6 Å². The van der Waals surface area contributed by atoms with Crippen molar-refractivity contribution in [2.24, 2.45) is 10.8 Å². The molecule has 0 heterocycles. The summed E-state index contributed by atoms with van der Waals surface area (Å²) in [6, 6.07) is 14.1. The summed E-state index contributed by atoms with van der Waals surface area (Å²) in [5.74, 6) is 0.752. The van der Waals surface area contributed by atoms with E-state index in [-0.39, 0.29) is 12.1 Å². The van der Waals surface area contributed by atoms with Crippen LogP contribution in [0.5, 0.6) is 5.75 Å². The maximum atomic E-state index is 12.2. The van der Waals surface area contributed by atoms with Crippen LogP contribution in [0.2, 0.25) is 0 Å². The van der Waals surface area contributed by atoms with Crippen molar-refractivity contribution in [2.45, 2.75) is 83.3 Å². The Labute approximate surface area is 218 Å². The van der Waals surface area contributed by atoms with Gasteiger partial charge in [-0.3, -0.25) is 0 Å². The molecule has 2 amide bonds. The van der Waals surface area contributed by atoms with E-state index in [1.54, 1.807) is 0 Å². The van der Waals surface area contributed by atoms with Gasteiger partial charge in [0.2, 0.25) is 0 Å². The molecule has 0 bridgehead atoms. The first-order valence-electron chi connectivity index (χ1n) is 12.9. The number of carbonyl (C=O) groups is 2. The van der Waals surface area contributed by atoms with Crippen LogP contribution >= 0.6 is 0 Å². The number of benzene rings is 2. The molecular weight excluding hydrogens is 470 g/mol. The molecule has 0 unspecified atom stereocenters. The quantitative estimate of drug-likeness (QED) is 0.163. The highest BCUT2D eigenvalue weighted by Gasteiger charge is 2.27. The van der Waals surface area contributed by atoms with Crippen molar-refractivity contribution in [3.8, 4) is 16.9 Å². The van der Waals surface area contributed by atoms with Gasteiger partial charge in [-0.15, -0.1) is 0 Å². The number of carbonyl (C=O) groups excluding carboxylic acids is 2. The number of alkyl carbamates (subject to hydrolysis) is 1. The lowest BCUT2D eigenvalue weighted by Crippen LogP contribution is -2.40. The van der Waals surface area contributed by atoms with E-state index in [9.17, 15) is 9.59 Å². The van der Waals surface area contributed by atoms with Gasteiger partial charge >= 0.3 is 12.2 Å². The standard InChI is InChI=1S/C28H37N5O4/c1-28(2,3)37-27(35)32-21-14-12-20(13-15-21)22-9-4-5-10-23(22)24-16-11-19(8-6-7-17-31-33-30)18-25(24)36-26(29)34/h4-5,9-11,16,18,20-21H,6-8,12-15,17H2,1-3H3,(H2,29,34)(H,32,35)/t20-,21-. The number of hydrogen-bond donors (Lipinski definition) is 2. The largest absolute Gasteiger partial charge is 0.444 e. The number of nitrogens with zero attached hydrogens (tertiary/aromatic N) is 3. The maximum Gasteiger partial charge on any atom is 0.409 e. The molecule has 1 aliphatic rings. The summed E-state index contributed by atoms with van der Waals surface area (Å²) in [6.07, 6.45) is 4.74. The molecular formula is C28H37N5O4. The van der Waals surface area contributed by atoms with E-state index in [0.717, 1.165) is 61.6 Å². The Morgan fingerprint density at radius 2 is 1.81 bits per heavy atom. The van der Waals surface area contributed by atoms with Crippen LogP contribution in [0.1, 0.15) is 76.3 Å². The van der Waals surface area contributed by atoms with Crippen LogP contribution in [0.25, 0.3) is 21.6 Å². The summed E-state index contributed by atoms with van der Waals surface area (Å²) in [5.41, 5.74) is 17.3. The molecule has 2 aromatic rings. The van der Waals surface area contributed by atoms with E-state index >= 15 is 0 Å². The van der Waals surface area contributed by atoms with Crippen LogP contribution < -0.4 is 15.8 Å². The Bertz CT molecular complexity index is 1130. The number of rotatable bonds is 9. The smallest absolute Gasteiger partial charge is 0.409 e.